The van der Waals surface area contributed by atoms with Crippen LogP contribution in [0.4, 0.5) is 4.79 Å². The number of aliphatic carboxylic acids is 1. The van der Waals surface area contributed by atoms with Gasteiger partial charge in [0.2, 0.25) is 0 Å². The van der Waals surface area contributed by atoms with Crippen molar-refractivity contribution in [2.75, 3.05) is 12.0 Å². The van der Waals surface area contributed by atoms with E-state index >= 15 is 0 Å². The Morgan fingerprint density at radius 3 is 2.56 bits per heavy atom. The van der Waals surface area contributed by atoms with Crippen LogP contribution in [0.2, 0.25) is 0 Å². The number of thioether (sulfide) groups is 1. The Kier molecular flexibility index (Phi) is 5.31. The first-order chi connectivity index (χ1) is 8.40. The second-order valence-electron chi connectivity index (χ2n) is 5.06. The van der Waals surface area contributed by atoms with Crippen molar-refractivity contribution < 1.29 is 14.7 Å². The van der Waals surface area contributed by atoms with Crippen LogP contribution in [-0.4, -0.2) is 40.7 Å². The third-order valence-corrected chi connectivity index (χ3v) is 3.99. The standard InChI is InChI=1S/C12H22N2O3S/c1-8(6-7-18-3)13-11(17)14-12(2,10(15)16)9-4-5-9/h8-9H,4-7H2,1-3H3,(H,15,16)(H2,13,14,17). The Bertz CT molecular complexity index is 320. The minimum absolute atomic E-state index is 0.0506. The Balaban J connectivity index is 2.44. The lowest BCUT2D eigenvalue weighted by atomic mass is 9.96. The van der Waals surface area contributed by atoms with Crippen molar-refractivity contribution in [3.05, 3.63) is 0 Å². The van der Waals surface area contributed by atoms with Gasteiger partial charge >= 0.3 is 12.0 Å². The number of amides is 2. The molecule has 2 unspecified atom stereocenters. The minimum atomic E-state index is -1.14. The van der Waals surface area contributed by atoms with Gasteiger partial charge < -0.3 is 15.7 Å². The predicted octanol–water partition coefficient (Wildman–Crippen LogP) is 1.68. The van der Waals surface area contributed by atoms with Gasteiger partial charge in [-0.15, -0.1) is 0 Å². The fourth-order valence-corrected chi connectivity index (χ4v) is 2.44. The monoisotopic (exact) mass is 274 g/mol. The SMILES string of the molecule is CSCCC(C)NC(=O)NC(C)(C(=O)O)C1CC1. The fourth-order valence-electron chi connectivity index (χ4n) is 1.85. The molecule has 0 aromatic rings. The molecule has 0 spiro atoms. The van der Waals surface area contributed by atoms with Crippen LogP contribution in [0.5, 0.6) is 0 Å². The summed E-state index contributed by atoms with van der Waals surface area (Å²) in [6.07, 6.45) is 4.62. The van der Waals surface area contributed by atoms with Crippen LogP contribution >= 0.6 is 11.8 Å². The van der Waals surface area contributed by atoms with Gasteiger partial charge in [-0.05, 0) is 51.0 Å². The van der Waals surface area contributed by atoms with Gasteiger partial charge in [-0.25, -0.2) is 9.59 Å². The lowest BCUT2D eigenvalue weighted by Crippen LogP contribution is -2.57. The molecule has 0 heterocycles. The molecule has 0 aliphatic heterocycles. The summed E-state index contributed by atoms with van der Waals surface area (Å²) in [6.45, 7) is 3.50. The number of rotatable bonds is 7. The number of hydrogen-bond donors (Lipinski definition) is 3. The molecule has 2 amide bonds. The molecule has 1 fully saturated rings. The van der Waals surface area contributed by atoms with Crippen LogP contribution < -0.4 is 10.6 Å². The van der Waals surface area contributed by atoms with Gasteiger partial charge in [0, 0.05) is 6.04 Å². The van der Waals surface area contributed by atoms with E-state index in [1.165, 1.54) is 0 Å². The second kappa shape index (κ2) is 6.31. The summed E-state index contributed by atoms with van der Waals surface area (Å²) in [5, 5.41) is 14.6. The van der Waals surface area contributed by atoms with Crippen molar-refractivity contribution in [1.82, 2.24) is 10.6 Å². The third kappa shape index (κ3) is 4.08. The van der Waals surface area contributed by atoms with Crippen LogP contribution in [0, 0.1) is 5.92 Å². The largest absolute Gasteiger partial charge is 0.480 e. The smallest absolute Gasteiger partial charge is 0.329 e. The molecule has 0 radical (unpaired) electrons. The Morgan fingerprint density at radius 1 is 1.50 bits per heavy atom. The molecule has 5 nitrogen and oxygen atoms in total. The number of carboxylic acids is 1. The molecule has 0 bridgehead atoms. The molecule has 104 valence electrons. The number of nitrogens with one attached hydrogen (secondary N) is 2. The van der Waals surface area contributed by atoms with Crippen LogP contribution in [0.1, 0.15) is 33.1 Å². The molecule has 2 atom stereocenters. The number of hydrogen-bond acceptors (Lipinski definition) is 3. The summed E-state index contributed by atoms with van der Waals surface area (Å²) in [4.78, 5) is 23.0. The summed E-state index contributed by atoms with van der Waals surface area (Å²) in [5.41, 5.74) is -1.14. The van der Waals surface area contributed by atoms with Gasteiger partial charge in [0.15, 0.2) is 0 Å². The second-order valence-corrected chi connectivity index (χ2v) is 6.05. The van der Waals surface area contributed by atoms with Crippen LogP contribution in [-0.2, 0) is 4.79 Å². The first-order valence-corrected chi connectivity index (χ1v) is 7.60. The lowest BCUT2D eigenvalue weighted by molar-refractivity contribution is -0.144. The van der Waals surface area contributed by atoms with Crippen molar-refractivity contribution in [3.8, 4) is 0 Å². The van der Waals surface area contributed by atoms with E-state index in [1.54, 1.807) is 18.7 Å². The van der Waals surface area contributed by atoms with Crippen LogP contribution in [0.3, 0.4) is 0 Å². The summed E-state index contributed by atoms with van der Waals surface area (Å²) in [7, 11) is 0. The third-order valence-electron chi connectivity index (χ3n) is 3.34. The van der Waals surface area contributed by atoms with E-state index in [2.05, 4.69) is 10.6 Å². The molecule has 3 N–H and O–H groups in total. The Hall–Kier alpha value is -0.910. The predicted molar refractivity (Wildman–Crippen MR) is 72.9 cm³/mol. The molecule has 0 aromatic carbocycles. The zero-order valence-electron chi connectivity index (χ0n) is 11.2. The zero-order valence-corrected chi connectivity index (χ0v) is 12.0. The fraction of sp³-hybridized carbons (Fsp3) is 0.833. The molecule has 0 aromatic heterocycles. The quantitative estimate of drug-likeness (QED) is 0.660. The topological polar surface area (TPSA) is 78.4 Å². The molecule has 1 rings (SSSR count). The van der Waals surface area contributed by atoms with Gasteiger partial charge in [0.05, 0.1) is 0 Å². The average molecular weight is 274 g/mol. The normalized spacial score (nSPS) is 19.7. The minimum Gasteiger partial charge on any atom is -0.480 e. The Morgan fingerprint density at radius 2 is 2.11 bits per heavy atom. The number of carbonyl (C=O) groups excluding carboxylic acids is 1. The van der Waals surface area contributed by atoms with E-state index < -0.39 is 11.5 Å². The van der Waals surface area contributed by atoms with Crippen LogP contribution in [0.25, 0.3) is 0 Å². The maximum absolute atomic E-state index is 11.8. The van der Waals surface area contributed by atoms with Crippen molar-refractivity contribution in [2.24, 2.45) is 5.92 Å². The molecule has 1 aliphatic rings. The number of urea groups is 1. The summed E-state index contributed by atoms with van der Waals surface area (Å²) in [6, 6.07) is -0.338. The highest BCUT2D eigenvalue weighted by molar-refractivity contribution is 7.98. The zero-order chi connectivity index (χ0) is 13.8. The highest BCUT2D eigenvalue weighted by Crippen LogP contribution is 2.39. The van der Waals surface area contributed by atoms with Gasteiger partial charge in [0.1, 0.15) is 5.54 Å². The van der Waals surface area contributed by atoms with Crippen molar-refractivity contribution in [1.29, 1.82) is 0 Å². The molecule has 1 aliphatic carbocycles. The Labute approximate surface area is 112 Å². The highest BCUT2D eigenvalue weighted by Gasteiger charge is 2.48. The number of carbonyl (C=O) groups is 2. The van der Waals surface area contributed by atoms with Crippen molar-refractivity contribution >= 4 is 23.8 Å². The number of carboxylic acid groups (broad SMARTS) is 1. The van der Waals surface area contributed by atoms with Crippen LogP contribution in [0.15, 0.2) is 0 Å². The van der Waals surface area contributed by atoms with Gasteiger partial charge in [0.25, 0.3) is 0 Å². The average Bonchev–Trinajstić information content (AvgIpc) is 3.09. The molecular formula is C12H22N2O3S. The van der Waals surface area contributed by atoms with E-state index in [9.17, 15) is 14.7 Å². The molecular weight excluding hydrogens is 252 g/mol. The molecule has 6 heteroatoms. The van der Waals surface area contributed by atoms with E-state index in [0.29, 0.717) is 0 Å². The van der Waals surface area contributed by atoms with Gasteiger partial charge in [-0.1, -0.05) is 0 Å². The van der Waals surface area contributed by atoms with Crippen molar-refractivity contribution in [3.63, 3.8) is 0 Å². The molecule has 18 heavy (non-hydrogen) atoms. The summed E-state index contributed by atoms with van der Waals surface area (Å²) in [5.74, 6) is 0.0689. The maximum atomic E-state index is 11.8. The van der Waals surface area contributed by atoms with E-state index in [4.69, 9.17) is 0 Å². The lowest BCUT2D eigenvalue weighted by Gasteiger charge is -2.27. The molecule has 1 saturated carbocycles. The van der Waals surface area contributed by atoms with Gasteiger partial charge in [-0.3, -0.25) is 0 Å². The maximum Gasteiger partial charge on any atom is 0.329 e. The van der Waals surface area contributed by atoms with E-state index in [0.717, 1.165) is 25.0 Å². The molecule has 0 saturated heterocycles. The van der Waals surface area contributed by atoms with E-state index in [-0.39, 0.29) is 18.0 Å². The summed E-state index contributed by atoms with van der Waals surface area (Å²) >= 11 is 1.72. The van der Waals surface area contributed by atoms with Gasteiger partial charge in [-0.2, -0.15) is 11.8 Å². The van der Waals surface area contributed by atoms with E-state index in [1.807, 2.05) is 13.2 Å². The summed E-state index contributed by atoms with van der Waals surface area (Å²) < 4.78 is 0. The highest BCUT2D eigenvalue weighted by atomic mass is 32.2. The first kappa shape index (κ1) is 15.1. The first-order valence-electron chi connectivity index (χ1n) is 6.21. The van der Waals surface area contributed by atoms with Crippen molar-refractivity contribution in [2.45, 2.75) is 44.7 Å².